The first-order chi connectivity index (χ1) is 12.1. The highest BCUT2D eigenvalue weighted by atomic mass is 16.3. The summed E-state index contributed by atoms with van der Waals surface area (Å²) in [4.78, 5) is 13.5. The van der Waals surface area contributed by atoms with Crippen LogP contribution < -0.4 is 5.32 Å². The van der Waals surface area contributed by atoms with E-state index in [0.29, 0.717) is 12.3 Å². The number of carbonyl (C=O) groups is 1. The summed E-state index contributed by atoms with van der Waals surface area (Å²) in [7, 11) is 0. The summed E-state index contributed by atoms with van der Waals surface area (Å²) in [5.41, 5.74) is 1.11. The van der Waals surface area contributed by atoms with Gasteiger partial charge in [-0.3, -0.25) is 4.79 Å². The van der Waals surface area contributed by atoms with Crippen molar-refractivity contribution in [2.45, 2.75) is 83.8 Å². The second-order valence-electron chi connectivity index (χ2n) is 10.3. The van der Waals surface area contributed by atoms with Crippen LogP contribution >= 0.6 is 0 Å². The number of nitrogens with one attached hydrogen (secondary N) is 1. The van der Waals surface area contributed by atoms with Gasteiger partial charge in [-0.15, -0.1) is 0 Å². The molecule has 2 N–H and O–H groups in total. The lowest BCUT2D eigenvalue weighted by Crippen LogP contribution is -2.64. The van der Waals surface area contributed by atoms with Crippen LogP contribution in [0.25, 0.3) is 0 Å². The van der Waals surface area contributed by atoms with Gasteiger partial charge in [0.15, 0.2) is 0 Å². The minimum atomic E-state index is -0.624. The van der Waals surface area contributed by atoms with Gasteiger partial charge in [0.1, 0.15) is 0 Å². The number of hydrogen-bond acceptors (Lipinski definition) is 2. The number of rotatable bonds is 4. The summed E-state index contributed by atoms with van der Waals surface area (Å²) in [6.07, 6.45) is 6.60. The molecule has 1 aromatic rings. The van der Waals surface area contributed by atoms with Crippen LogP contribution in [0.1, 0.15) is 76.8 Å². The van der Waals surface area contributed by atoms with Crippen molar-refractivity contribution >= 4 is 5.91 Å². The largest absolute Gasteiger partial charge is 0.390 e. The number of aliphatic hydroxyl groups is 1. The lowest BCUT2D eigenvalue weighted by molar-refractivity contribution is -0.205. The van der Waals surface area contributed by atoms with Gasteiger partial charge in [-0.25, -0.2) is 0 Å². The fourth-order valence-corrected chi connectivity index (χ4v) is 6.69. The van der Waals surface area contributed by atoms with Gasteiger partial charge in [-0.05, 0) is 76.2 Å². The maximum absolute atomic E-state index is 13.5. The lowest BCUT2D eigenvalue weighted by Gasteiger charge is -2.64. The average molecular weight is 356 g/mol. The van der Waals surface area contributed by atoms with Crippen LogP contribution in [0, 0.1) is 23.7 Å². The summed E-state index contributed by atoms with van der Waals surface area (Å²) in [5, 5.41) is 14.5. The van der Waals surface area contributed by atoms with Gasteiger partial charge in [0.2, 0.25) is 5.91 Å². The second kappa shape index (κ2) is 5.58. The molecule has 4 aliphatic rings. The predicted molar refractivity (Wildman–Crippen MR) is 104 cm³/mol. The first kappa shape index (κ1) is 18.0. The standard InChI is InChI=1S/C23H33NO2/c1-5-21-10-17-11-22(13-21,15-23(26,12-17)14-21)19(25)24-20(3,4)18-8-6-16(2)7-9-18/h6-9,17,26H,5,10-15H2,1-4H3,(H,24,25). The molecule has 26 heavy (non-hydrogen) atoms. The molecule has 142 valence electrons. The first-order valence-electron chi connectivity index (χ1n) is 10.2. The molecule has 3 nitrogen and oxygen atoms in total. The van der Waals surface area contributed by atoms with Gasteiger partial charge < -0.3 is 10.4 Å². The molecule has 4 aliphatic carbocycles. The summed E-state index contributed by atoms with van der Waals surface area (Å²) < 4.78 is 0. The molecule has 4 fully saturated rings. The van der Waals surface area contributed by atoms with Gasteiger partial charge in [0.05, 0.1) is 16.6 Å². The summed E-state index contributed by atoms with van der Waals surface area (Å²) in [5.74, 6) is 0.660. The Labute approximate surface area is 157 Å². The van der Waals surface area contributed by atoms with Crippen molar-refractivity contribution in [2.24, 2.45) is 16.7 Å². The van der Waals surface area contributed by atoms with E-state index in [0.717, 1.165) is 37.7 Å². The Morgan fingerprint density at radius 3 is 2.46 bits per heavy atom. The van der Waals surface area contributed by atoms with Crippen molar-refractivity contribution in [3.63, 3.8) is 0 Å². The van der Waals surface area contributed by atoms with Crippen LogP contribution in [0.4, 0.5) is 0 Å². The van der Waals surface area contributed by atoms with E-state index < -0.39 is 11.1 Å². The third kappa shape index (κ3) is 2.79. The molecule has 1 amide bonds. The van der Waals surface area contributed by atoms with Crippen molar-refractivity contribution in [3.05, 3.63) is 35.4 Å². The predicted octanol–water partition coefficient (Wildman–Crippen LogP) is 4.46. The van der Waals surface area contributed by atoms with Crippen molar-refractivity contribution in [2.75, 3.05) is 0 Å². The highest BCUT2D eigenvalue weighted by molar-refractivity contribution is 5.84. The fraction of sp³-hybridized carbons (Fsp3) is 0.696. The van der Waals surface area contributed by atoms with Crippen LogP contribution in [0.15, 0.2) is 24.3 Å². The molecule has 0 aliphatic heterocycles. The molecule has 0 radical (unpaired) electrons. The molecule has 4 bridgehead atoms. The van der Waals surface area contributed by atoms with Crippen molar-refractivity contribution in [1.82, 2.24) is 5.32 Å². The molecular formula is C23H33NO2. The zero-order valence-corrected chi connectivity index (χ0v) is 16.7. The topological polar surface area (TPSA) is 49.3 Å². The van der Waals surface area contributed by atoms with Crippen LogP contribution in [-0.2, 0) is 10.3 Å². The molecule has 4 saturated carbocycles. The van der Waals surface area contributed by atoms with E-state index in [1.54, 1.807) is 0 Å². The van der Waals surface area contributed by atoms with E-state index in [2.05, 4.69) is 57.3 Å². The highest BCUT2D eigenvalue weighted by Gasteiger charge is 2.65. The SMILES string of the molecule is CCC12CC3CC(O)(C1)CC(C(=O)NC(C)(C)c1ccc(C)cc1)(C3)C2. The Morgan fingerprint density at radius 2 is 1.85 bits per heavy atom. The molecule has 4 atom stereocenters. The first-order valence-corrected chi connectivity index (χ1v) is 10.2. The molecule has 0 spiro atoms. The highest BCUT2D eigenvalue weighted by Crippen LogP contribution is 2.67. The molecule has 5 rings (SSSR count). The van der Waals surface area contributed by atoms with E-state index >= 15 is 0 Å². The molecule has 0 heterocycles. The van der Waals surface area contributed by atoms with Crippen LogP contribution in [0.5, 0.6) is 0 Å². The molecule has 3 heteroatoms. The number of aryl methyl sites for hydroxylation is 1. The molecule has 1 aromatic carbocycles. The monoisotopic (exact) mass is 355 g/mol. The van der Waals surface area contributed by atoms with Gasteiger partial charge in [0, 0.05) is 0 Å². The maximum atomic E-state index is 13.5. The maximum Gasteiger partial charge on any atom is 0.227 e. The molecular weight excluding hydrogens is 322 g/mol. The average Bonchev–Trinajstić information content (AvgIpc) is 2.52. The van der Waals surface area contributed by atoms with Crippen LogP contribution in [0.2, 0.25) is 0 Å². The number of amides is 1. The number of benzene rings is 1. The van der Waals surface area contributed by atoms with Crippen LogP contribution in [0.3, 0.4) is 0 Å². The van der Waals surface area contributed by atoms with Crippen molar-refractivity contribution in [3.8, 4) is 0 Å². The number of carbonyl (C=O) groups excluding carboxylic acids is 1. The van der Waals surface area contributed by atoms with Gasteiger partial charge >= 0.3 is 0 Å². The van der Waals surface area contributed by atoms with E-state index in [4.69, 9.17) is 0 Å². The zero-order valence-electron chi connectivity index (χ0n) is 16.7. The normalized spacial score (nSPS) is 38.4. The van der Waals surface area contributed by atoms with Crippen molar-refractivity contribution in [1.29, 1.82) is 0 Å². The van der Waals surface area contributed by atoms with Crippen molar-refractivity contribution < 1.29 is 9.90 Å². The molecule has 0 saturated heterocycles. The third-order valence-corrected chi connectivity index (χ3v) is 7.59. The van der Waals surface area contributed by atoms with Gasteiger partial charge in [-0.2, -0.15) is 0 Å². The Morgan fingerprint density at radius 1 is 1.15 bits per heavy atom. The van der Waals surface area contributed by atoms with Gasteiger partial charge in [-0.1, -0.05) is 43.2 Å². The van der Waals surface area contributed by atoms with E-state index in [-0.39, 0.29) is 16.7 Å². The van der Waals surface area contributed by atoms with Crippen LogP contribution in [-0.4, -0.2) is 16.6 Å². The molecule has 4 unspecified atom stereocenters. The third-order valence-electron chi connectivity index (χ3n) is 7.59. The molecule has 0 aromatic heterocycles. The Bertz CT molecular complexity index is 724. The summed E-state index contributed by atoms with van der Waals surface area (Å²) in [6.45, 7) is 8.48. The Balaban J connectivity index is 1.60. The van der Waals surface area contributed by atoms with E-state index in [1.807, 2.05) is 0 Å². The minimum absolute atomic E-state index is 0.156. The minimum Gasteiger partial charge on any atom is -0.390 e. The quantitative estimate of drug-likeness (QED) is 0.838. The smallest absolute Gasteiger partial charge is 0.227 e. The number of hydrogen-bond donors (Lipinski definition) is 2. The summed E-state index contributed by atoms with van der Waals surface area (Å²) in [6, 6.07) is 8.41. The second-order valence-corrected chi connectivity index (χ2v) is 10.3. The fourth-order valence-electron chi connectivity index (χ4n) is 6.69. The Hall–Kier alpha value is -1.35. The lowest BCUT2D eigenvalue weighted by atomic mass is 9.42. The Kier molecular flexibility index (Phi) is 3.87. The zero-order chi connectivity index (χ0) is 18.8. The van der Waals surface area contributed by atoms with E-state index in [1.165, 1.54) is 12.0 Å². The van der Waals surface area contributed by atoms with E-state index in [9.17, 15) is 9.90 Å². The summed E-state index contributed by atoms with van der Waals surface area (Å²) >= 11 is 0. The van der Waals surface area contributed by atoms with Gasteiger partial charge in [0.25, 0.3) is 0 Å².